The van der Waals surface area contributed by atoms with E-state index in [1.165, 1.54) is 37.4 Å². The summed E-state index contributed by atoms with van der Waals surface area (Å²) in [5, 5.41) is 12.4. The van der Waals surface area contributed by atoms with Crippen LogP contribution in [-0.4, -0.2) is 49.4 Å². The molecule has 0 spiro atoms. The smallest absolute Gasteiger partial charge is 0.233 e. The van der Waals surface area contributed by atoms with E-state index in [1.807, 2.05) is 12.1 Å². The molecule has 0 aromatic carbocycles. The lowest BCUT2D eigenvalue weighted by atomic mass is 9.78. The quantitative estimate of drug-likeness (QED) is 0.762. The normalized spacial score (nSPS) is 23.4. The zero-order valence-electron chi connectivity index (χ0n) is 14.2. The Labute approximate surface area is 151 Å². The third kappa shape index (κ3) is 3.73. The van der Waals surface area contributed by atoms with Crippen molar-refractivity contribution in [2.75, 3.05) is 12.3 Å². The second-order valence-electron chi connectivity index (χ2n) is 6.83. The largest absolute Gasteiger partial charge is 0.467 e. The fourth-order valence-electron chi connectivity index (χ4n) is 4.09. The predicted octanol–water partition coefficient (Wildman–Crippen LogP) is 2.59. The molecule has 1 saturated heterocycles. The molecule has 134 valence electrons. The van der Waals surface area contributed by atoms with Crippen molar-refractivity contribution in [3.63, 3.8) is 0 Å². The molecule has 1 saturated carbocycles. The highest BCUT2D eigenvalue weighted by atomic mass is 32.2. The van der Waals surface area contributed by atoms with Gasteiger partial charge in [-0.15, -0.1) is 5.10 Å². The van der Waals surface area contributed by atoms with Gasteiger partial charge in [0.2, 0.25) is 11.1 Å². The summed E-state index contributed by atoms with van der Waals surface area (Å²) in [6, 6.07) is 4.18. The maximum absolute atomic E-state index is 12.8. The number of aromatic nitrogens is 4. The lowest BCUT2D eigenvalue weighted by Crippen LogP contribution is -2.50. The predicted molar refractivity (Wildman–Crippen MR) is 93.0 cm³/mol. The number of amides is 1. The molecule has 8 heteroatoms. The van der Waals surface area contributed by atoms with Crippen molar-refractivity contribution in [3.05, 3.63) is 24.2 Å². The number of rotatable bonds is 5. The van der Waals surface area contributed by atoms with Crippen molar-refractivity contribution < 1.29 is 9.21 Å². The lowest BCUT2D eigenvalue weighted by molar-refractivity contribution is -0.134. The number of hydrogen-bond donors (Lipinski definition) is 0. The van der Waals surface area contributed by atoms with Crippen molar-refractivity contribution in [1.82, 2.24) is 25.1 Å². The van der Waals surface area contributed by atoms with Gasteiger partial charge in [-0.25, -0.2) is 4.68 Å². The van der Waals surface area contributed by atoms with Crippen LogP contribution in [0.4, 0.5) is 0 Å². The molecule has 0 N–H and O–H groups in total. The first-order valence-corrected chi connectivity index (χ1v) is 10.0. The number of piperidine rings is 1. The first-order chi connectivity index (χ1) is 12.3. The molecule has 25 heavy (non-hydrogen) atoms. The summed E-state index contributed by atoms with van der Waals surface area (Å²) >= 11 is 1.41. The van der Waals surface area contributed by atoms with Gasteiger partial charge in [0, 0.05) is 12.6 Å². The fourth-order valence-corrected chi connectivity index (χ4v) is 4.86. The number of hydrogen-bond acceptors (Lipinski definition) is 6. The summed E-state index contributed by atoms with van der Waals surface area (Å²) in [5.74, 6) is 2.11. The van der Waals surface area contributed by atoms with Gasteiger partial charge < -0.3 is 9.32 Å². The van der Waals surface area contributed by atoms with Gasteiger partial charge in [-0.1, -0.05) is 24.6 Å². The molecule has 1 aliphatic carbocycles. The molecule has 2 fully saturated rings. The molecule has 2 aliphatic rings. The number of fused-ring (bicyclic) bond motifs is 1. The fraction of sp³-hybridized carbons (Fsp3) is 0.647. The number of nitrogens with zero attached hydrogens (tertiary/aromatic N) is 5. The van der Waals surface area contributed by atoms with Crippen LogP contribution < -0.4 is 0 Å². The van der Waals surface area contributed by atoms with Crippen molar-refractivity contribution in [2.24, 2.45) is 5.92 Å². The van der Waals surface area contributed by atoms with Gasteiger partial charge >= 0.3 is 0 Å². The van der Waals surface area contributed by atoms with Gasteiger partial charge in [0.1, 0.15) is 12.3 Å². The molecule has 0 radical (unpaired) electrons. The Kier molecular flexibility index (Phi) is 5.05. The Balaban J connectivity index is 1.36. The number of tetrazole rings is 1. The summed E-state index contributed by atoms with van der Waals surface area (Å²) in [4.78, 5) is 14.9. The molecule has 1 aliphatic heterocycles. The molecule has 7 nitrogen and oxygen atoms in total. The molecule has 1 amide bonds. The molecular weight excluding hydrogens is 338 g/mol. The first-order valence-electron chi connectivity index (χ1n) is 9.02. The van der Waals surface area contributed by atoms with E-state index in [4.69, 9.17) is 4.42 Å². The van der Waals surface area contributed by atoms with Crippen molar-refractivity contribution in [1.29, 1.82) is 0 Å². The lowest BCUT2D eigenvalue weighted by Gasteiger charge is -2.44. The van der Waals surface area contributed by atoms with E-state index in [0.717, 1.165) is 25.1 Å². The minimum absolute atomic E-state index is 0.217. The van der Waals surface area contributed by atoms with Gasteiger partial charge in [0.25, 0.3) is 0 Å². The van der Waals surface area contributed by atoms with Gasteiger partial charge in [0.05, 0.1) is 12.0 Å². The highest BCUT2D eigenvalue weighted by molar-refractivity contribution is 7.99. The Morgan fingerprint density at radius 2 is 2.16 bits per heavy atom. The molecule has 4 rings (SSSR count). The van der Waals surface area contributed by atoms with Gasteiger partial charge in [0.15, 0.2) is 0 Å². The maximum Gasteiger partial charge on any atom is 0.233 e. The Bertz CT molecular complexity index is 700. The van der Waals surface area contributed by atoms with Crippen LogP contribution >= 0.6 is 11.8 Å². The van der Waals surface area contributed by atoms with Crippen molar-refractivity contribution in [3.8, 4) is 0 Å². The molecule has 3 heterocycles. The van der Waals surface area contributed by atoms with Crippen LogP contribution in [0.25, 0.3) is 0 Å². The molecular formula is C17H23N5O2S. The number of carbonyl (C=O) groups excluding carboxylic acids is 1. The molecule has 2 unspecified atom stereocenters. The van der Waals surface area contributed by atoms with Crippen LogP contribution in [0.2, 0.25) is 0 Å². The van der Waals surface area contributed by atoms with E-state index >= 15 is 0 Å². The number of thioether (sulfide) groups is 1. The van der Waals surface area contributed by atoms with Crippen molar-refractivity contribution in [2.45, 2.75) is 56.3 Å². The SMILES string of the molecule is O=C(CSc1nnnn1Cc1ccco1)N1CCCC2CCCCC21. The van der Waals surface area contributed by atoms with Crippen LogP contribution in [0.15, 0.2) is 28.0 Å². The summed E-state index contributed by atoms with van der Waals surface area (Å²) in [5.41, 5.74) is 0. The van der Waals surface area contributed by atoms with Crippen LogP contribution in [0.3, 0.4) is 0 Å². The maximum atomic E-state index is 12.8. The molecule has 2 aromatic rings. The number of carbonyl (C=O) groups is 1. The molecule has 2 atom stereocenters. The summed E-state index contributed by atoms with van der Waals surface area (Å²) in [6.45, 7) is 1.38. The van der Waals surface area contributed by atoms with Gasteiger partial charge in [-0.2, -0.15) is 0 Å². The highest BCUT2D eigenvalue weighted by Gasteiger charge is 2.35. The van der Waals surface area contributed by atoms with Crippen LogP contribution in [0, 0.1) is 5.92 Å². The van der Waals surface area contributed by atoms with E-state index in [0.29, 0.717) is 29.4 Å². The Morgan fingerprint density at radius 1 is 1.28 bits per heavy atom. The standard InChI is InChI=1S/C17H23N5O2S/c23-16(21-9-3-6-13-5-1-2-8-15(13)21)12-25-17-18-19-20-22(17)11-14-7-4-10-24-14/h4,7,10,13,15H,1-3,5-6,8-9,11-12H2. The number of likely N-dealkylation sites (tertiary alicyclic amines) is 1. The third-order valence-electron chi connectivity index (χ3n) is 5.27. The Hall–Kier alpha value is -1.83. The van der Waals surface area contributed by atoms with Gasteiger partial charge in [-0.3, -0.25) is 4.79 Å². The second-order valence-corrected chi connectivity index (χ2v) is 7.77. The highest BCUT2D eigenvalue weighted by Crippen LogP contribution is 2.35. The Morgan fingerprint density at radius 3 is 3.04 bits per heavy atom. The van der Waals surface area contributed by atoms with Crippen molar-refractivity contribution >= 4 is 17.7 Å². The van der Waals surface area contributed by atoms with Gasteiger partial charge in [-0.05, 0) is 54.2 Å². The summed E-state index contributed by atoms with van der Waals surface area (Å²) < 4.78 is 7.02. The van der Waals surface area contributed by atoms with E-state index in [2.05, 4.69) is 20.4 Å². The van der Waals surface area contributed by atoms with E-state index in [-0.39, 0.29) is 5.91 Å². The third-order valence-corrected chi connectivity index (χ3v) is 6.21. The topological polar surface area (TPSA) is 77.0 Å². The van der Waals surface area contributed by atoms with Crippen LogP contribution in [-0.2, 0) is 11.3 Å². The van der Waals surface area contributed by atoms with Crippen LogP contribution in [0.5, 0.6) is 0 Å². The first kappa shape index (κ1) is 16.6. The zero-order chi connectivity index (χ0) is 17.1. The minimum Gasteiger partial charge on any atom is -0.467 e. The average Bonchev–Trinajstić information content (AvgIpc) is 3.31. The van der Waals surface area contributed by atoms with Crippen LogP contribution in [0.1, 0.15) is 44.3 Å². The van der Waals surface area contributed by atoms with E-state index < -0.39 is 0 Å². The zero-order valence-corrected chi connectivity index (χ0v) is 15.0. The average molecular weight is 361 g/mol. The second kappa shape index (κ2) is 7.59. The van der Waals surface area contributed by atoms with E-state index in [1.54, 1.807) is 10.9 Å². The summed E-state index contributed by atoms with van der Waals surface area (Å²) in [6.07, 6.45) is 9.06. The van der Waals surface area contributed by atoms with E-state index in [9.17, 15) is 4.79 Å². The monoisotopic (exact) mass is 361 g/mol. The molecule has 0 bridgehead atoms. The molecule has 2 aromatic heterocycles. The number of furan rings is 1. The summed E-state index contributed by atoms with van der Waals surface area (Å²) in [7, 11) is 0. The minimum atomic E-state index is 0.217.